The molecule has 0 spiro atoms. The number of hydrogen-bond donors (Lipinski definition) is 0. The van der Waals surface area contributed by atoms with Crippen molar-refractivity contribution >= 4 is 22.5 Å². The first-order chi connectivity index (χ1) is 8.72. The van der Waals surface area contributed by atoms with Crippen LogP contribution in [0.25, 0.3) is 10.8 Å². The van der Waals surface area contributed by atoms with Crippen molar-refractivity contribution in [3.05, 3.63) is 48.0 Å². The average Bonchev–Trinajstić information content (AvgIpc) is 2.43. The zero-order chi connectivity index (χ0) is 13.0. The molecule has 0 aliphatic rings. The van der Waals surface area contributed by atoms with Gasteiger partial charge in [0.15, 0.2) is 0 Å². The Bertz CT molecular complexity index is 597. The molecule has 0 aliphatic carbocycles. The van der Waals surface area contributed by atoms with Gasteiger partial charge in [-0.1, -0.05) is 54.5 Å². The smallest absolute Gasteiger partial charge is 0.318 e. The lowest BCUT2D eigenvalue weighted by Crippen LogP contribution is -2.02. The first-order valence-electron chi connectivity index (χ1n) is 5.95. The molecule has 2 aromatic carbocycles. The van der Waals surface area contributed by atoms with Crippen molar-refractivity contribution in [2.45, 2.75) is 20.3 Å². The van der Waals surface area contributed by atoms with Gasteiger partial charge in [0.1, 0.15) is 0 Å². The normalized spacial score (nSPS) is 11.6. The van der Waals surface area contributed by atoms with E-state index < -0.39 is 0 Å². The fourth-order valence-electron chi connectivity index (χ4n) is 1.77. The van der Waals surface area contributed by atoms with E-state index in [0.29, 0.717) is 12.1 Å². The summed E-state index contributed by atoms with van der Waals surface area (Å²) in [5.41, 5.74) is 1.69. The molecule has 0 saturated carbocycles. The van der Waals surface area contributed by atoms with Crippen LogP contribution in [0.2, 0.25) is 0 Å². The van der Waals surface area contributed by atoms with Crippen molar-refractivity contribution in [1.29, 1.82) is 0 Å². The highest BCUT2D eigenvalue weighted by molar-refractivity contribution is 6.09. The van der Waals surface area contributed by atoms with E-state index in [0.717, 1.165) is 16.3 Å². The first-order valence-corrected chi connectivity index (χ1v) is 5.95. The maximum absolute atomic E-state index is 11.1. The number of benzene rings is 2. The lowest BCUT2D eigenvalue weighted by atomic mass is 10.0. The number of rotatable bonds is 3. The maximum atomic E-state index is 11.1. The molecule has 0 saturated heterocycles. The summed E-state index contributed by atoms with van der Waals surface area (Å²) in [4.78, 5) is 15.9. The summed E-state index contributed by atoms with van der Waals surface area (Å²) in [5.74, 6) is -0.324. The van der Waals surface area contributed by atoms with E-state index in [2.05, 4.69) is 5.16 Å². The van der Waals surface area contributed by atoms with Gasteiger partial charge in [-0.3, -0.25) is 0 Å². The lowest BCUT2D eigenvalue weighted by Gasteiger charge is -2.05. The van der Waals surface area contributed by atoms with Crippen LogP contribution >= 0.6 is 0 Å². The van der Waals surface area contributed by atoms with E-state index in [-0.39, 0.29) is 5.97 Å². The van der Waals surface area contributed by atoms with E-state index in [9.17, 15) is 4.79 Å². The summed E-state index contributed by atoms with van der Waals surface area (Å²) in [6, 6.07) is 14.0. The van der Waals surface area contributed by atoms with Crippen LogP contribution in [0.4, 0.5) is 0 Å². The molecule has 2 aromatic rings. The molecule has 0 bridgehead atoms. The van der Waals surface area contributed by atoms with Crippen LogP contribution in [0.1, 0.15) is 25.8 Å². The second-order valence-corrected chi connectivity index (χ2v) is 4.02. The van der Waals surface area contributed by atoms with Gasteiger partial charge in [0.2, 0.25) is 0 Å². The largest absolute Gasteiger partial charge is 0.334 e. The third-order valence-electron chi connectivity index (χ3n) is 2.75. The first kappa shape index (κ1) is 12.3. The van der Waals surface area contributed by atoms with Crippen molar-refractivity contribution in [2.75, 3.05) is 0 Å². The summed E-state index contributed by atoms with van der Waals surface area (Å²) in [6.45, 7) is 3.58. The molecule has 0 unspecified atom stereocenters. The van der Waals surface area contributed by atoms with Gasteiger partial charge in [-0.05, 0) is 17.7 Å². The minimum atomic E-state index is -0.324. The molecule has 0 fully saturated rings. The van der Waals surface area contributed by atoms with Crippen molar-refractivity contribution in [1.82, 2.24) is 0 Å². The number of carbonyl (C=O) groups excluding carboxylic acids is 1. The number of nitrogens with zero attached hydrogens (tertiary/aromatic N) is 1. The Morgan fingerprint density at radius 2 is 1.89 bits per heavy atom. The Balaban J connectivity index is 2.38. The minimum Gasteiger partial charge on any atom is -0.318 e. The maximum Gasteiger partial charge on any atom is 0.334 e. The van der Waals surface area contributed by atoms with Gasteiger partial charge in [0, 0.05) is 12.0 Å². The molecule has 92 valence electrons. The van der Waals surface area contributed by atoms with Crippen LogP contribution in [0.15, 0.2) is 47.6 Å². The Morgan fingerprint density at radius 1 is 1.17 bits per heavy atom. The molecule has 0 amide bonds. The van der Waals surface area contributed by atoms with Crippen LogP contribution in [0, 0.1) is 0 Å². The zero-order valence-corrected chi connectivity index (χ0v) is 10.5. The number of hydrogen-bond acceptors (Lipinski definition) is 3. The second kappa shape index (κ2) is 5.45. The SMILES string of the molecule is CCC(=O)O/N=C(/C)c1cccc2ccccc12. The highest BCUT2D eigenvalue weighted by Crippen LogP contribution is 2.19. The van der Waals surface area contributed by atoms with Gasteiger partial charge in [-0.15, -0.1) is 0 Å². The number of carbonyl (C=O) groups is 1. The minimum absolute atomic E-state index is 0.324. The van der Waals surface area contributed by atoms with Gasteiger partial charge in [0.05, 0.1) is 5.71 Å². The summed E-state index contributed by atoms with van der Waals surface area (Å²) in [5, 5.41) is 6.13. The molecule has 0 N–H and O–H groups in total. The molecule has 0 aromatic heterocycles. The molecule has 3 nitrogen and oxygen atoms in total. The van der Waals surface area contributed by atoms with E-state index in [1.54, 1.807) is 6.92 Å². The van der Waals surface area contributed by atoms with E-state index >= 15 is 0 Å². The van der Waals surface area contributed by atoms with Gasteiger partial charge in [-0.2, -0.15) is 0 Å². The van der Waals surface area contributed by atoms with Crippen LogP contribution in [-0.4, -0.2) is 11.7 Å². The Labute approximate surface area is 106 Å². The fourth-order valence-corrected chi connectivity index (χ4v) is 1.77. The van der Waals surface area contributed by atoms with Gasteiger partial charge in [-0.25, -0.2) is 4.79 Å². The third kappa shape index (κ3) is 2.56. The summed E-state index contributed by atoms with van der Waals surface area (Å²) < 4.78 is 0. The van der Waals surface area contributed by atoms with Crippen LogP contribution in [0.5, 0.6) is 0 Å². The van der Waals surface area contributed by atoms with Gasteiger partial charge < -0.3 is 4.84 Å². The molecule has 3 heteroatoms. The van der Waals surface area contributed by atoms with Crippen molar-refractivity contribution in [3.8, 4) is 0 Å². The Hall–Kier alpha value is -2.16. The molecule has 18 heavy (non-hydrogen) atoms. The number of fused-ring (bicyclic) bond motifs is 1. The molecular formula is C15H15NO2. The van der Waals surface area contributed by atoms with Crippen molar-refractivity contribution in [2.24, 2.45) is 5.16 Å². The third-order valence-corrected chi connectivity index (χ3v) is 2.75. The fraction of sp³-hybridized carbons (Fsp3) is 0.200. The summed E-state index contributed by atoms with van der Waals surface area (Å²) in [7, 11) is 0. The summed E-state index contributed by atoms with van der Waals surface area (Å²) >= 11 is 0. The van der Waals surface area contributed by atoms with Crippen molar-refractivity contribution in [3.63, 3.8) is 0 Å². The van der Waals surface area contributed by atoms with E-state index in [4.69, 9.17) is 4.84 Å². The molecular weight excluding hydrogens is 226 g/mol. The van der Waals surface area contributed by atoms with Gasteiger partial charge >= 0.3 is 5.97 Å². The van der Waals surface area contributed by atoms with E-state index in [1.165, 1.54) is 0 Å². The molecule has 2 rings (SSSR count). The molecule has 0 heterocycles. The van der Waals surface area contributed by atoms with Crippen LogP contribution < -0.4 is 0 Å². The predicted octanol–water partition coefficient (Wildman–Crippen LogP) is 3.52. The van der Waals surface area contributed by atoms with Gasteiger partial charge in [0.25, 0.3) is 0 Å². The van der Waals surface area contributed by atoms with E-state index in [1.807, 2.05) is 49.4 Å². The van der Waals surface area contributed by atoms with Crippen molar-refractivity contribution < 1.29 is 9.63 Å². The lowest BCUT2D eigenvalue weighted by molar-refractivity contribution is -0.143. The van der Waals surface area contributed by atoms with Crippen LogP contribution in [-0.2, 0) is 9.63 Å². The zero-order valence-electron chi connectivity index (χ0n) is 10.5. The topological polar surface area (TPSA) is 38.7 Å². The average molecular weight is 241 g/mol. The highest BCUT2D eigenvalue weighted by Gasteiger charge is 2.05. The monoisotopic (exact) mass is 241 g/mol. The second-order valence-electron chi connectivity index (χ2n) is 4.02. The summed E-state index contributed by atoms with van der Waals surface area (Å²) in [6.07, 6.45) is 0.326. The standard InChI is InChI=1S/C15H15NO2/c1-3-15(17)18-16-11(2)13-10-6-8-12-7-4-5-9-14(12)13/h4-10H,3H2,1-2H3/b16-11-. The quantitative estimate of drug-likeness (QED) is 0.468. The molecule has 0 radical (unpaired) electrons. The predicted molar refractivity (Wildman–Crippen MR) is 72.5 cm³/mol. The number of oxime groups is 1. The molecule has 0 aliphatic heterocycles. The molecule has 0 atom stereocenters. The Morgan fingerprint density at radius 3 is 2.67 bits per heavy atom. The van der Waals surface area contributed by atoms with Crippen LogP contribution in [0.3, 0.4) is 0 Å². The Kier molecular flexibility index (Phi) is 3.72. The highest BCUT2D eigenvalue weighted by atomic mass is 16.7.